The summed E-state index contributed by atoms with van der Waals surface area (Å²) in [5.74, 6) is 1.76. The third-order valence-electron chi connectivity index (χ3n) is 2.72. The Kier molecular flexibility index (Phi) is 5.93. The summed E-state index contributed by atoms with van der Waals surface area (Å²) in [7, 11) is 0. The molecule has 0 aliphatic carbocycles. The van der Waals surface area contributed by atoms with Gasteiger partial charge in [0.25, 0.3) is 0 Å². The topological polar surface area (TPSA) is 30.5 Å². The third kappa shape index (κ3) is 5.68. The molecule has 0 aromatic heterocycles. The van der Waals surface area contributed by atoms with Gasteiger partial charge in [-0.05, 0) is 56.3 Å². The van der Waals surface area contributed by atoms with E-state index in [0.717, 1.165) is 28.2 Å². The van der Waals surface area contributed by atoms with Crippen molar-refractivity contribution >= 4 is 21.6 Å². The van der Waals surface area contributed by atoms with E-state index >= 15 is 0 Å². The Labute approximate surface area is 134 Å². The predicted octanol–water partition coefficient (Wildman–Crippen LogP) is 4.73. The Balaban J connectivity index is 1.73. The van der Waals surface area contributed by atoms with E-state index in [4.69, 9.17) is 9.47 Å². The van der Waals surface area contributed by atoms with Gasteiger partial charge in [0, 0.05) is 16.7 Å². The molecule has 0 aliphatic heterocycles. The highest BCUT2D eigenvalue weighted by molar-refractivity contribution is 9.10. The number of benzene rings is 2. The molecule has 0 bridgehead atoms. The minimum absolute atomic E-state index is 0.197. The first-order valence-electron chi connectivity index (χ1n) is 7.02. The molecule has 0 unspecified atom stereocenters. The summed E-state index contributed by atoms with van der Waals surface area (Å²) in [6.07, 6.45) is 0.197. The molecule has 2 rings (SSSR count). The normalized spacial score (nSPS) is 10.5. The fraction of sp³-hybridized carbons (Fsp3) is 0.294. The van der Waals surface area contributed by atoms with Crippen LogP contribution in [0.4, 0.5) is 5.69 Å². The van der Waals surface area contributed by atoms with Crippen LogP contribution in [0.5, 0.6) is 11.5 Å². The molecule has 4 heteroatoms. The molecule has 3 nitrogen and oxygen atoms in total. The van der Waals surface area contributed by atoms with E-state index in [0.29, 0.717) is 6.61 Å². The van der Waals surface area contributed by atoms with E-state index in [9.17, 15) is 0 Å². The first-order valence-corrected chi connectivity index (χ1v) is 7.82. The largest absolute Gasteiger partial charge is 0.492 e. The smallest absolute Gasteiger partial charge is 0.120 e. The summed E-state index contributed by atoms with van der Waals surface area (Å²) < 4.78 is 12.3. The molecule has 0 radical (unpaired) electrons. The summed E-state index contributed by atoms with van der Waals surface area (Å²) in [6, 6.07) is 15.8. The van der Waals surface area contributed by atoms with Crippen molar-refractivity contribution in [1.82, 2.24) is 0 Å². The molecule has 112 valence electrons. The van der Waals surface area contributed by atoms with Crippen molar-refractivity contribution < 1.29 is 9.47 Å². The van der Waals surface area contributed by atoms with Crippen LogP contribution >= 0.6 is 15.9 Å². The van der Waals surface area contributed by atoms with Gasteiger partial charge in [0.05, 0.1) is 6.10 Å². The van der Waals surface area contributed by atoms with Crippen molar-refractivity contribution in [2.75, 3.05) is 18.5 Å². The standard InChI is InChI=1S/C17H20BrNO2/c1-13(2)21-16-8-6-15(7-9-16)19-10-11-20-17-5-3-4-14(18)12-17/h3-9,12-13,19H,10-11H2,1-2H3. The molecular weight excluding hydrogens is 330 g/mol. The van der Waals surface area contributed by atoms with Crippen LogP contribution in [0.3, 0.4) is 0 Å². The van der Waals surface area contributed by atoms with Crippen LogP contribution in [-0.2, 0) is 0 Å². The van der Waals surface area contributed by atoms with E-state index in [1.807, 2.05) is 62.4 Å². The van der Waals surface area contributed by atoms with Gasteiger partial charge in [0.1, 0.15) is 18.1 Å². The van der Waals surface area contributed by atoms with Gasteiger partial charge in [-0.25, -0.2) is 0 Å². The maximum absolute atomic E-state index is 5.67. The monoisotopic (exact) mass is 349 g/mol. The molecule has 0 saturated heterocycles. The molecule has 0 aliphatic rings. The molecule has 0 atom stereocenters. The Morgan fingerprint density at radius 3 is 2.48 bits per heavy atom. The maximum Gasteiger partial charge on any atom is 0.120 e. The molecule has 0 amide bonds. The molecular formula is C17H20BrNO2. The predicted molar refractivity (Wildman–Crippen MR) is 90.3 cm³/mol. The van der Waals surface area contributed by atoms with Crippen molar-refractivity contribution in [3.8, 4) is 11.5 Å². The zero-order valence-corrected chi connectivity index (χ0v) is 13.9. The second-order valence-electron chi connectivity index (χ2n) is 4.92. The average Bonchev–Trinajstić information content (AvgIpc) is 2.45. The van der Waals surface area contributed by atoms with Gasteiger partial charge in [0.2, 0.25) is 0 Å². The van der Waals surface area contributed by atoms with E-state index in [1.54, 1.807) is 0 Å². The quantitative estimate of drug-likeness (QED) is 0.733. The number of hydrogen-bond donors (Lipinski definition) is 1. The molecule has 21 heavy (non-hydrogen) atoms. The number of anilines is 1. The molecule has 1 N–H and O–H groups in total. The molecule has 2 aromatic rings. The summed E-state index contributed by atoms with van der Waals surface area (Å²) in [5.41, 5.74) is 1.06. The van der Waals surface area contributed by atoms with Gasteiger partial charge in [-0.2, -0.15) is 0 Å². The lowest BCUT2D eigenvalue weighted by molar-refractivity contribution is 0.242. The summed E-state index contributed by atoms with van der Waals surface area (Å²) in [5, 5.41) is 3.32. The molecule has 2 aromatic carbocycles. The van der Waals surface area contributed by atoms with Crippen molar-refractivity contribution in [3.05, 3.63) is 53.0 Å². The second kappa shape index (κ2) is 7.93. The summed E-state index contributed by atoms with van der Waals surface area (Å²) in [4.78, 5) is 0. The van der Waals surface area contributed by atoms with Crippen molar-refractivity contribution in [2.45, 2.75) is 20.0 Å². The van der Waals surface area contributed by atoms with E-state index in [1.165, 1.54) is 0 Å². The van der Waals surface area contributed by atoms with Crippen LogP contribution < -0.4 is 14.8 Å². The highest BCUT2D eigenvalue weighted by atomic mass is 79.9. The van der Waals surface area contributed by atoms with Crippen molar-refractivity contribution in [3.63, 3.8) is 0 Å². The highest BCUT2D eigenvalue weighted by Gasteiger charge is 1.98. The third-order valence-corrected chi connectivity index (χ3v) is 3.22. The molecule has 0 fully saturated rings. The highest BCUT2D eigenvalue weighted by Crippen LogP contribution is 2.18. The van der Waals surface area contributed by atoms with E-state index < -0.39 is 0 Å². The van der Waals surface area contributed by atoms with E-state index in [2.05, 4.69) is 21.2 Å². The van der Waals surface area contributed by atoms with Gasteiger partial charge < -0.3 is 14.8 Å². The van der Waals surface area contributed by atoms with Crippen molar-refractivity contribution in [1.29, 1.82) is 0 Å². The van der Waals surface area contributed by atoms with Gasteiger partial charge >= 0.3 is 0 Å². The average molecular weight is 350 g/mol. The lowest BCUT2D eigenvalue weighted by atomic mass is 10.3. The number of hydrogen-bond acceptors (Lipinski definition) is 3. The van der Waals surface area contributed by atoms with E-state index in [-0.39, 0.29) is 6.10 Å². The Morgan fingerprint density at radius 1 is 1.05 bits per heavy atom. The van der Waals surface area contributed by atoms with Crippen LogP contribution in [-0.4, -0.2) is 19.3 Å². The Bertz CT molecular complexity index is 555. The number of rotatable bonds is 7. The molecule has 0 spiro atoms. The Hall–Kier alpha value is -1.68. The fourth-order valence-electron chi connectivity index (χ4n) is 1.84. The van der Waals surface area contributed by atoms with Gasteiger partial charge in [-0.3, -0.25) is 0 Å². The number of nitrogens with one attached hydrogen (secondary N) is 1. The van der Waals surface area contributed by atoms with Gasteiger partial charge in [-0.1, -0.05) is 22.0 Å². The number of ether oxygens (including phenoxy) is 2. The second-order valence-corrected chi connectivity index (χ2v) is 5.84. The van der Waals surface area contributed by atoms with Crippen LogP contribution in [0.15, 0.2) is 53.0 Å². The zero-order valence-electron chi connectivity index (χ0n) is 12.3. The molecule has 0 saturated carbocycles. The van der Waals surface area contributed by atoms with Crippen LogP contribution in [0.2, 0.25) is 0 Å². The first kappa shape index (κ1) is 15.7. The maximum atomic E-state index is 5.67. The summed E-state index contributed by atoms with van der Waals surface area (Å²) in [6.45, 7) is 5.40. The zero-order chi connectivity index (χ0) is 15.1. The molecule has 0 heterocycles. The minimum Gasteiger partial charge on any atom is -0.492 e. The van der Waals surface area contributed by atoms with Gasteiger partial charge in [0.15, 0.2) is 0 Å². The lowest BCUT2D eigenvalue weighted by Crippen LogP contribution is -2.11. The Morgan fingerprint density at radius 2 is 1.81 bits per heavy atom. The minimum atomic E-state index is 0.197. The van der Waals surface area contributed by atoms with Crippen LogP contribution in [0.1, 0.15) is 13.8 Å². The van der Waals surface area contributed by atoms with Gasteiger partial charge in [-0.15, -0.1) is 0 Å². The number of halogens is 1. The summed E-state index contributed by atoms with van der Waals surface area (Å²) >= 11 is 3.42. The van der Waals surface area contributed by atoms with Crippen LogP contribution in [0, 0.1) is 0 Å². The first-order chi connectivity index (χ1) is 10.1. The SMILES string of the molecule is CC(C)Oc1ccc(NCCOc2cccc(Br)c2)cc1. The lowest BCUT2D eigenvalue weighted by Gasteiger charge is -2.11. The van der Waals surface area contributed by atoms with Crippen molar-refractivity contribution in [2.24, 2.45) is 0 Å². The van der Waals surface area contributed by atoms with Crippen LogP contribution in [0.25, 0.3) is 0 Å². The fourth-order valence-corrected chi connectivity index (χ4v) is 2.22.